The van der Waals surface area contributed by atoms with E-state index in [1.54, 1.807) is 11.1 Å². The van der Waals surface area contributed by atoms with Gasteiger partial charge < -0.3 is 14.7 Å². The number of piperazine rings is 1. The van der Waals surface area contributed by atoms with Gasteiger partial charge in [-0.05, 0) is 45.7 Å². The number of fused-ring (bicyclic) bond motifs is 3. The van der Waals surface area contributed by atoms with Crippen molar-refractivity contribution in [2.75, 3.05) is 18.1 Å². The molecule has 2 aliphatic heterocycles. The summed E-state index contributed by atoms with van der Waals surface area (Å²) in [5.74, 6) is 0.979. The van der Waals surface area contributed by atoms with Gasteiger partial charge in [-0.25, -0.2) is 9.78 Å². The molecule has 0 aliphatic carbocycles. The van der Waals surface area contributed by atoms with Crippen molar-refractivity contribution in [3.8, 4) is 0 Å². The lowest BCUT2D eigenvalue weighted by Gasteiger charge is -2.48. The van der Waals surface area contributed by atoms with Crippen LogP contribution in [-0.2, 0) is 11.2 Å². The summed E-state index contributed by atoms with van der Waals surface area (Å²) >= 11 is 0. The summed E-state index contributed by atoms with van der Waals surface area (Å²) in [6, 6.07) is 3.89. The Kier molecular flexibility index (Phi) is 3.96. The average Bonchev–Trinajstić information content (AvgIpc) is 2.85. The average molecular weight is 319 g/mol. The molecule has 1 saturated heterocycles. The van der Waals surface area contributed by atoms with Crippen LogP contribution in [0.25, 0.3) is 0 Å². The Morgan fingerprint density at radius 3 is 2.87 bits per heavy atom. The molecule has 23 heavy (non-hydrogen) atoms. The molecule has 1 N–H and O–H groups in total. The lowest BCUT2D eigenvalue weighted by Crippen LogP contribution is -2.65. The van der Waals surface area contributed by atoms with E-state index in [-0.39, 0.29) is 30.8 Å². The number of aliphatic hydroxyl groups excluding tert-OH is 1. The van der Waals surface area contributed by atoms with Gasteiger partial charge in [-0.15, -0.1) is 0 Å². The quantitative estimate of drug-likeness (QED) is 0.855. The van der Waals surface area contributed by atoms with Gasteiger partial charge in [0.2, 0.25) is 0 Å². The molecule has 3 atom stereocenters. The highest BCUT2D eigenvalue weighted by molar-refractivity contribution is 5.70. The van der Waals surface area contributed by atoms with Crippen LogP contribution in [0, 0.1) is 0 Å². The maximum Gasteiger partial charge on any atom is 0.410 e. The van der Waals surface area contributed by atoms with E-state index in [1.807, 2.05) is 26.8 Å². The Bertz CT molecular complexity index is 599. The number of rotatable bonds is 1. The molecule has 0 saturated carbocycles. The van der Waals surface area contributed by atoms with Gasteiger partial charge in [0.1, 0.15) is 11.4 Å². The lowest BCUT2D eigenvalue weighted by atomic mass is 9.98. The van der Waals surface area contributed by atoms with E-state index in [1.165, 1.54) is 5.56 Å². The highest BCUT2D eigenvalue weighted by Gasteiger charge is 2.47. The molecule has 0 aromatic carbocycles. The second-order valence-electron chi connectivity index (χ2n) is 7.40. The Morgan fingerprint density at radius 2 is 2.22 bits per heavy atom. The third kappa shape index (κ3) is 2.87. The number of amides is 1. The summed E-state index contributed by atoms with van der Waals surface area (Å²) in [6.07, 6.45) is 2.23. The zero-order valence-electron chi connectivity index (χ0n) is 14.2. The van der Waals surface area contributed by atoms with Crippen molar-refractivity contribution in [3.63, 3.8) is 0 Å². The molecule has 3 unspecified atom stereocenters. The van der Waals surface area contributed by atoms with Gasteiger partial charge in [0, 0.05) is 18.8 Å². The second-order valence-corrected chi connectivity index (χ2v) is 7.40. The molecule has 1 fully saturated rings. The van der Waals surface area contributed by atoms with E-state index >= 15 is 0 Å². The van der Waals surface area contributed by atoms with Gasteiger partial charge in [0.15, 0.2) is 0 Å². The van der Waals surface area contributed by atoms with E-state index in [2.05, 4.69) is 22.9 Å². The molecular formula is C17H25N3O3. The minimum absolute atomic E-state index is 0.0427. The number of anilines is 1. The summed E-state index contributed by atoms with van der Waals surface area (Å²) in [5, 5.41) is 9.92. The number of nitrogens with zero attached hydrogens (tertiary/aromatic N) is 3. The van der Waals surface area contributed by atoms with Crippen molar-refractivity contribution in [2.45, 2.75) is 57.8 Å². The van der Waals surface area contributed by atoms with E-state index in [4.69, 9.17) is 4.74 Å². The zero-order chi connectivity index (χ0) is 16.8. The minimum atomic E-state index is -0.544. The van der Waals surface area contributed by atoms with Crippen molar-refractivity contribution in [3.05, 3.63) is 23.9 Å². The van der Waals surface area contributed by atoms with Gasteiger partial charge in [-0.2, -0.15) is 0 Å². The smallest absolute Gasteiger partial charge is 0.410 e. The van der Waals surface area contributed by atoms with E-state index in [0.717, 1.165) is 12.2 Å². The molecule has 3 heterocycles. The highest BCUT2D eigenvalue weighted by Crippen LogP contribution is 2.37. The van der Waals surface area contributed by atoms with Gasteiger partial charge in [0.25, 0.3) is 0 Å². The monoisotopic (exact) mass is 319 g/mol. The first-order chi connectivity index (χ1) is 10.8. The van der Waals surface area contributed by atoms with Crippen molar-refractivity contribution < 1.29 is 14.6 Å². The predicted molar refractivity (Wildman–Crippen MR) is 87.5 cm³/mol. The summed E-state index contributed by atoms with van der Waals surface area (Å²) in [5.41, 5.74) is 0.631. The number of hydrogen-bond donors (Lipinski definition) is 1. The van der Waals surface area contributed by atoms with E-state index in [0.29, 0.717) is 6.54 Å². The number of carbonyl (C=O) groups excluding carboxylic acids is 1. The number of aliphatic hydroxyl groups is 1. The SMILES string of the molecule is CC1CN(C(=O)OC(C)(C)C)C(CO)C2Cc3cccnc3N12. The summed E-state index contributed by atoms with van der Waals surface area (Å²) in [6.45, 7) is 8.09. The number of hydrogen-bond acceptors (Lipinski definition) is 5. The molecule has 1 amide bonds. The van der Waals surface area contributed by atoms with Gasteiger partial charge in [-0.1, -0.05) is 6.07 Å². The first-order valence-electron chi connectivity index (χ1n) is 8.14. The molecule has 1 aromatic heterocycles. The standard InChI is InChI=1S/C17H25N3O3/c1-11-9-19(16(22)23-17(2,3)4)14(10-21)13-8-12-6-5-7-18-15(12)20(11)13/h5-7,11,13-14,21H,8-10H2,1-4H3. The van der Waals surface area contributed by atoms with Crippen molar-refractivity contribution in [1.82, 2.24) is 9.88 Å². The van der Waals surface area contributed by atoms with Crippen molar-refractivity contribution in [2.24, 2.45) is 0 Å². The van der Waals surface area contributed by atoms with Crippen LogP contribution in [0.5, 0.6) is 0 Å². The van der Waals surface area contributed by atoms with Crippen LogP contribution in [0.1, 0.15) is 33.3 Å². The number of aromatic nitrogens is 1. The minimum Gasteiger partial charge on any atom is -0.444 e. The molecule has 0 radical (unpaired) electrons. The molecule has 3 rings (SSSR count). The molecule has 126 valence electrons. The largest absolute Gasteiger partial charge is 0.444 e. The van der Waals surface area contributed by atoms with Gasteiger partial charge in [-0.3, -0.25) is 4.90 Å². The third-order valence-corrected chi connectivity index (χ3v) is 4.49. The van der Waals surface area contributed by atoms with E-state index < -0.39 is 5.60 Å². The molecule has 1 aromatic rings. The zero-order valence-corrected chi connectivity index (χ0v) is 14.2. The van der Waals surface area contributed by atoms with Crippen LogP contribution in [0.2, 0.25) is 0 Å². The Morgan fingerprint density at radius 1 is 1.48 bits per heavy atom. The highest BCUT2D eigenvalue weighted by atomic mass is 16.6. The van der Waals surface area contributed by atoms with Gasteiger partial charge in [0.05, 0.1) is 18.7 Å². The summed E-state index contributed by atoms with van der Waals surface area (Å²) < 4.78 is 5.52. The normalized spacial score (nSPS) is 26.7. The number of carbonyl (C=O) groups is 1. The maximum absolute atomic E-state index is 12.5. The maximum atomic E-state index is 12.5. The van der Waals surface area contributed by atoms with Crippen LogP contribution < -0.4 is 4.90 Å². The third-order valence-electron chi connectivity index (χ3n) is 4.49. The predicted octanol–water partition coefficient (Wildman–Crippen LogP) is 1.81. The fraction of sp³-hybridized carbons (Fsp3) is 0.647. The van der Waals surface area contributed by atoms with Crippen LogP contribution in [0.4, 0.5) is 10.6 Å². The fourth-order valence-corrected chi connectivity index (χ4v) is 3.63. The molecular weight excluding hydrogens is 294 g/mol. The lowest BCUT2D eigenvalue weighted by molar-refractivity contribution is -0.00330. The summed E-state index contributed by atoms with van der Waals surface area (Å²) in [4.78, 5) is 21.0. The Labute approximate surface area is 137 Å². The van der Waals surface area contributed by atoms with Crippen LogP contribution in [-0.4, -0.2) is 58.0 Å². The van der Waals surface area contributed by atoms with Crippen molar-refractivity contribution >= 4 is 11.9 Å². The van der Waals surface area contributed by atoms with Crippen LogP contribution >= 0.6 is 0 Å². The first-order valence-corrected chi connectivity index (χ1v) is 8.14. The van der Waals surface area contributed by atoms with Crippen LogP contribution in [0.3, 0.4) is 0 Å². The second kappa shape index (κ2) is 5.67. The molecule has 6 nitrogen and oxygen atoms in total. The topological polar surface area (TPSA) is 65.9 Å². The Hall–Kier alpha value is -1.82. The molecule has 0 spiro atoms. The number of pyridine rings is 1. The fourth-order valence-electron chi connectivity index (χ4n) is 3.63. The van der Waals surface area contributed by atoms with E-state index in [9.17, 15) is 9.90 Å². The van der Waals surface area contributed by atoms with Crippen LogP contribution in [0.15, 0.2) is 18.3 Å². The van der Waals surface area contributed by atoms with Gasteiger partial charge >= 0.3 is 6.09 Å². The Balaban J connectivity index is 1.87. The molecule has 2 aliphatic rings. The first kappa shape index (κ1) is 16.1. The summed E-state index contributed by atoms with van der Waals surface area (Å²) in [7, 11) is 0. The number of ether oxygens (including phenoxy) is 1. The molecule has 6 heteroatoms. The molecule has 0 bridgehead atoms. The van der Waals surface area contributed by atoms with Crippen molar-refractivity contribution in [1.29, 1.82) is 0 Å².